The molecule has 124 valence electrons. The van der Waals surface area contributed by atoms with Crippen LogP contribution in [0.2, 0.25) is 0 Å². The number of hydrogen-bond donors (Lipinski definition) is 2. The van der Waals surface area contributed by atoms with Crippen LogP contribution in [0.1, 0.15) is 39.1 Å². The summed E-state index contributed by atoms with van der Waals surface area (Å²) in [7, 11) is 0. The minimum absolute atomic E-state index is 0.0372. The van der Waals surface area contributed by atoms with Crippen LogP contribution in [0.3, 0.4) is 0 Å². The lowest BCUT2D eigenvalue weighted by Crippen LogP contribution is -2.31. The standard InChI is InChI=1S/C18H18N2O4/c21-17(14-7-4-8-15(20-14)18(22)23)19-11-13-9-10-24-16(13)12-5-2-1-3-6-12/h1-8,13,16H,9-11H2,(H,19,21)(H,22,23)/t13-,16-/m1/s1. The second-order valence-electron chi connectivity index (χ2n) is 5.67. The van der Waals surface area contributed by atoms with E-state index in [2.05, 4.69) is 10.3 Å². The summed E-state index contributed by atoms with van der Waals surface area (Å²) in [5.41, 5.74) is 1.05. The number of carbonyl (C=O) groups is 2. The van der Waals surface area contributed by atoms with Crippen LogP contribution in [0, 0.1) is 5.92 Å². The van der Waals surface area contributed by atoms with E-state index in [9.17, 15) is 9.59 Å². The first-order chi connectivity index (χ1) is 11.6. The molecule has 1 aliphatic heterocycles. The Balaban J connectivity index is 1.63. The Morgan fingerprint density at radius 1 is 1.12 bits per heavy atom. The van der Waals surface area contributed by atoms with Crippen molar-refractivity contribution in [2.75, 3.05) is 13.2 Å². The molecule has 2 N–H and O–H groups in total. The lowest BCUT2D eigenvalue weighted by atomic mass is 9.95. The van der Waals surface area contributed by atoms with Crippen molar-refractivity contribution in [2.45, 2.75) is 12.5 Å². The molecular weight excluding hydrogens is 308 g/mol. The van der Waals surface area contributed by atoms with Gasteiger partial charge in [0.2, 0.25) is 0 Å². The molecule has 2 heterocycles. The summed E-state index contributed by atoms with van der Waals surface area (Å²) in [6.45, 7) is 1.12. The van der Waals surface area contributed by atoms with Crippen molar-refractivity contribution in [1.82, 2.24) is 10.3 Å². The Morgan fingerprint density at radius 2 is 1.88 bits per heavy atom. The molecule has 1 aliphatic rings. The predicted molar refractivity (Wildman–Crippen MR) is 86.8 cm³/mol. The van der Waals surface area contributed by atoms with Gasteiger partial charge in [-0.3, -0.25) is 4.79 Å². The quantitative estimate of drug-likeness (QED) is 0.880. The van der Waals surface area contributed by atoms with Crippen LogP contribution in [0.25, 0.3) is 0 Å². The number of carboxylic acid groups (broad SMARTS) is 1. The number of benzene rings is 1. The van der Waals surface area contributed by atoms with Gasteiger partial charge < -0.3 is 15.2 Å². The van der Waals surface area contributed by atoms with Gasteiger partial charge in [0.05, 0.1) is 6.10 Å². The smallest absolute Gasteiger partial charge is 0.354 e. The van der Waals surface area contributed by atoms with Crippen LogP contribution < -0.4 is 5.32 Å². The Morgan fingerprint density at radius 3 is 2.62 bits per heavy atom. The summed E-state index contributed by atoms with van der Waals surface area (Å²) < 4.78 is 5.80. The SMILES string of the molecule is O=C(O)c1cccc(C(=O)NC[C@H]2CCO[C@@H]2c2ccccc2)n1. The van der Waals surface area contributed by atoms with E-state index in [1.807, 2.05) is 30.3 Å². The van der Waals surface area contributed by atoms with Gasteiger partial charge in [-0.25, -0.2) is 9.78 Å². The van der Waals surface area contributed by atoms with E-state index >= 15 is 0 Å². The van der Waals surface area contributed by atoms with Crippen molar-refractivity contribution >= 4 is 11.9 Å². The molecular formula is C18H18N2O4. The van der Waals surface area contributed by atoms with Gasteiger partial charge >= 0.3 is 5.97 Å². The molecule has 1 amide bonds. The van der Waals surface area contributed by atoms with Gasteiger partial charge in [0, 0.05) is 19.1 Å². The first-order valence-corrected chi connectivity index (χ1v) is 7.80. The molecule has 6 heteroatoms. The lowest BCUT2D eigenvalue weighted by molar-refractivity contribution is 0.0690. The number of nitrogens with zero attached hydrogens (tertiary/aromatic N) is 1. The topological polar surface area (TPSA) is 88.5 Å². The van der Waals surface area contributed by atoms with Crippen LogP contribution in [0.15, 0.2) is 48.5 Å². The molecule has 1 aromatic carbocycles. The molecule has 0 bridgehead atoms. The molecule has 0 saturated carbocycles. The number of nitrogens with one attached hydrogen (secondary N) is 1. The van der Waals surface area contributed by atoms with E-state index in [4.69, 9.17) is 9.84 Å². The highest BCUT2D eigenvalue weighted by atomic mass is 16.5. The molecule has 6 nitrogen and oxygen atoms in total. The van der Waals surface area contributed by atoms with Crippen molar-refractivity contribution < 1.29 is 19.4 Å². The third-order valence-electron chi connectivity index (χ3n) is 4.07. The Kier molecular flexibility index (Phi) is 4.86. The maximum Gasteiger partial charge on any atom is 0.354 e. The molecule has 2 aromatic rings. The summed E-state index contributed by atoms with van der Waals surface area (Å²) >= 11 is 0. The van der Waals surface area contributed by atoms with E-state index in [0.717, 1.165) is 12.0 Å². The molecule has 24 heavy (non-hydrogen) atoms. The number of aromatic nitrogens is 1. The van der Waals surface area contributed by atoms with E-state index in [1.54, 1.807) is 0 Å². The van der Waals surface area contributed by atoms with Gasteiger partial charge in [0.15, 0.2) is 0 Å². The molecule has 0 spiro atoms. The van der Waals surface area contributed by atoms with Gasteiger partial charge in [0.1, 0.15) is 11.4 Å². The van der Waals surface area contributed by atoms with E-state index < -0.39 is 5.97 Å². The van der Waals surface area contributed by atoms with Crippen molar-refractivity contribution in [1.29, 1.82) is 0 Å². The maximum atomic E-state index is 12.2. The van der Waals surface area contributed by atoms with Crippen molar-refractivity contribution in [3.8, 4) is 0 Å². The number of ether oxygens (including phenoxy) is 1. The van der Waals surface area contributed by atoms with E-state index in [1.165, 1.54) is 18.2 Å². The van der Waals surface area contributed by atoms with E-state index in [0.29, 0.717) is 13.2 Å². The zero-order valence-electron chi connectivity index (χ0n) is 13.0. The number of carbonyl (C=O) groups excluding carboxylic acids is 1. The van der Waals surface area contributed by atoms with E-state index in [-0.39, 0.29) is 29.3 Å². The third-order valence-corrected chi connectivity index (χ3v) is 4.07. The molecule has 1 aromatic heterocycles. The summed E-state index contributed by atoms with van der Waals surface area (Å²) in [5, 5.41) is 11.8. The number of rotatable bonds is 5. The lowest BCUT2D eigenvalue weighted by Gasteiger charge is -2.19. The summed E-state index contributed by atoms with van der Waals surface area (Å²) in [4.78, 5) is 27.0. The zero-order chi connectivity index (χ0) is 16.9. The van der Waals surface area contributed by atoms with Gasteiger partial charge in [-0.1, -0.05) is 36.4 Å². The Labute approximate surface area is 139 Å². The summed E-state index contributed by atoms with van der Waals surface area (Å²) in [5.74, 6) is -1.35. The van der Waals surface area contributed by atoms with Crippen molar-refractivity contribution in [2.24, 2.45) is 5.92 Å². The summed E-state index contributed by atoms with van der Waals surface area (Å²) in [6.07, 6.45) is 0.826. The number of hydrogen-bond acceptors (Lipinski definition) is 4. The molecule has 0 unspecified atom stereocenters. The van der Waals surface area contributed by atoms with Crippen LogP contribution in [0.4, 0.5) is 0 Å². The molecule has 2 atom stereocenters. The molecule has 0 radical (unpaired) electrons. The molecule has 1 saturated heterocycles. The average Bonchev–Trinajstić information content (AvgIpc) is 3.09. The third kappa shape index (κ3) is 3.60. The molecule has 1 fully saturated rings. The second-order valence-corrected chi connectivity index (χ2v) is 5.67. The highest BCUT2D eigenvalue weighted by Gasteiger charge is 2.29. The normalized spacial score (nSPS) is 19.8. The van der Waals surface area contributed by atoms with Gasteiger partial charge in [-0.2, -0.15) is 0 Å². The number of amides is 1. The molecule has 0 aliphatic carbocycles. The maximum absolute atomic E-state index is 12.2. The highest BCUT2D eigenvalue weighted by molar-refractivity contribution is 5.94. The van der Waals surface area contributed by atoms with Crippen LogP contribution in [-0.4, -0.2) is 35.1 Å². The predicted octanol–water partition coefficient (Wildman–Crippen LogP) is 2.29. The van der Waals surface area contributed by atoms with Crippen LogP contribution in [-0.2, 0) is 4.74 Å². The zero-order valence-corrected chi connectivity index (χ0v) is 13.0. The van der Waals surface area contributed by atoms with Crippen molar-refractivity contribution in [3.63, 3.8) is 0 Å². The first-order valence-electron chi connectivity index (χ1n) is 7.80. The number of pyridine rings is 1. The van der Waals surface area contributed by atoms with Crippen molar-refractivity contribution in [3.05, 3.63) is 65.5 Å². The second kappa shape index (κ2) is 7.23. The first kappa shape index (κ1) is 16.1. The van der Waals surface area contributed by atoms with Gasteiger partial charge in [-0.05, 0) is 24.1 Å². The summed E-state index contributed by atoms with van der Waals surface area (Å²) in [6, 6.07) is 14.3. The van der Waals surface area contributed by atoms with Crippen LogP contribution >= 0.6 is 0 Å². The van der Waals surface area contributed by atoms with Crippen LogP contribution in [0.5, 0.6) is 0 Å². The average molecular weight is 326 g/mol. The minimum Gasteiger partial charge on any atom is -0.477 e. The van der Waals surface area contributed by atoms with Gasteiger partial charge in [-0.15, -0.1) is 0 Å². The van der Waals surface area contributed by atoms with Gasteiger partial charge in [0.25, 0.3) is 5.91 Å². The number of carboxylic acids is 1. The fraction of sp³-hybridized carbons (Fsp3) is 0.278. The minimum atomic E-state index is -1.15. The highest BCUT2D eigenvalue weighted by Crippen LogP contribution is 2.33. The fourth-order valence-corrected chi connectivity index (χ4v) is 2.85. The fourth-order valence-electron chi connectivity index (χ4n) is 2.85. The Bertz CT molecular complexity index is 733. The number of aromatic carboxylic acids is 1. The molecule has 3 rings (SSSR count). The largest absolute Gasteiger partial charge is 0.477 e. The monoisotopic (exact) mass is 326 g/mol. The Hall–Kier alpha value is -2.73.